The van der Waals surface area contributed by atoms with E-state index >= 15 is 0 Å². The number of aromatic nitrogens is 4. The Bertz CT molecular complexity index is 1290. The predicted molar refractivity (Wildman–Crippen MR) is 125 cm³/mol. The average Bonchev–Trinajstić information content (AvgIpc) is 3.23. The lowest BCUT2D eigenvalue weighted by Gasteiger charge is -2.15. The van der Waals surface area contributed by atoms with Crippen molar-refractivity contribution in [1.29, 1.82) is 0 Å². The van der Waals surface area contributed by atoms with Crippen LogP contribution in [-0.2, 0) is 11.0 Å². The van der Waals surface area contributed by atoms with E-state index < -0.39 is 17.0 Å². The standard InChI is InChI=1S/C24H20F3N5OS/c1-15-6-3-4-8-20(15)32-21(17-7-5-13-28-14-17)30-31-23(32)34-16(2)22(33)29-19-11-9-18(10-12-19)24(25,26)27/h3-14,16H,1-2H3,(H,29,33). The number of nitrogens with zero attached hydrogens (tertiary/aromatic N) is 4. The van der Waals surface area contributed by atoms with Crippen molar-refractivity contribution in [3.63, 3.8) is 0 Å². The Kier molecular flexibility index (Phi) is 6.69. The van der Waals surface area contributed by atoms with Crippen LogP contribution < -0.4 is 5.32 Å². The molecule has 34 heavy (non-hydrogen) atoms. The number of halogens is 3. The number of pyridine rings is 1. The van der Waals surface area contributed by atoms with Crippen LogP contribution in [0, 0.1) is 6.92 Å². The van der Waals surface area contributed by atoms with Crippen molar-refractivity contribution in [3.05, 3.63) is 84.2 Å². The summed E-state index contributed by atoms with van der Waals surface area (Å²) in [7, 11) is 0. The van der Waals surface area contributed by atoms with E-state index in [2.05, 4.69) is 20.5 Å². The zero-order valence-electron chi connectivity index (χ0n) is 18.2. The molecule has 0 fully saturated rings. The van der Waals surface area contributed by atoms with Crippen molar-refractivity contribution < 1.29 is 18.0 Å². The summed E-state index contributed by atoms with van der Waals surface area (Å²) >= 11 is 1.20. The molecule has 0 saturated carbocycles. The summed E-state index contributed by atoms with van der Waals surface area (Å²) in [6.07, 6.45) is -1.08. The van der Waals surface area contributed by atoms with E-state index in [4.69, 9.17) is 0 Å². The minimum absolute atomic E-state index is 0.280. The Morgan fingerprint density at radius 1 is 1.03 bits per heavy atom. The van der Waals surface area contributed by atoms with Gasteiger partial charge in [-0.2, -0.15) is 13.2 Å². The number of carbonyl (C=O) groups excluding carboxylic acids is 1. The second-order valence-electron chi connectivity index (χ2n) is 7.49. The van der Waals surface area contributed by atoms with Crippen molar-refractivity contribution in [2.24, 2.45) is 0 Å². The van der Waals surface area contributed by atoms with Crippen LogP contribution in [0.4, 0.5) is 18.9 Å². The highest BCUT2D eigenvalue weighted by molar-refractivity contribution is 8.00. The SMILES string of the molecule is Cc1ccccc1-n1c(SC(C)C(=O)Nc2ccc(C(F)(F)F)cc2)nnc1-c1cccnc1. The first-order valence-electron chi connectivity index (χ1n) is 10.3. The molecule has 6 nitrogen and oxygen atoms in total. The number of benzene rings is 2. The number of thioether (sulfide) groups is 1. The molecule has 1 unspecified atom stereocenters. The van der Waals surface area contributed by atoms with Gasteiger partial charge < -0.3 is 5.32 Å². The number of nitrogens with one attached hydrogen (secondary N) is 1. The summed E-state index contributed by atoms with van der Waals surface area (Å²) in [5.41, 5.74) is 2.14. The van der Waals surface area contributed by atoms with Gasteiger partial charge in [0.1, 0.15) is 0 Å². The van der Waals surface area contributed by atoms with Gasteiger partial charge in [-0.1, -0.05) is 30.0 Å². The van der Waals surface area contributed by atoms with Crippen LogP contribution in [-0.4, -0.2) is 30.9 Å². The molecule has 2 heterocycles. The number of amides is 1. The fourth-order valence-corrected chi connectivity index (χ4v) is 4.12. The van der Waals surface area contributed by atoms with Gasteiger partial charge in [0.2, 0.25) is 5.91 Å². The molecule has 2 aromatic carbocycles. The lowest BCUT2D eigenvalue weighted by molar-refractivity contribution is -0.137. The van der Waals surface area contributed by atoms with Gasteiger partial charge in [-0.15, -0.1) is 10.2 Å². The normalized spacial score (nSPS) is 12.4. The molecule has 4 aromatic rings. The Morgan fingerprint density at radius 2 is 1.76 bits per heavy atom. The molecule has 10 heteroatoms. The van der Waals surface area contributed by atoms with Crippen molar-refractivity contribution >= 4 is 23.4 Å². The molecule has 1 N–H and O–H groups in total. The monoisotopic (exact) mass is 483 g/mol. The largest absolute Gasteiger partial charge is 0.416 e. The lowest BCUT2D eigenvalue weighted by atomic mass is 10.2. The Morgan fingerprint density at radius 3 is 2.41 bits per heavy atom. The molecular weight excluding hydrogens is 463 g/mol. The van der Waals surface area contributed by atoms with Gasteiger partial charge in [0, 0.05) is 23.6 Å². The zero-order valence-corrected chi connectivity index (χ0v) is 19.1. The van der Waals surface area contributed by atoms with Crippen LogP contribution in [0.15, 0.2) is 78.2 Å². The summed E-state index contributed by atoms with van der Waals surface area (Å²) in [6.45, 7) is 3.67. The first kappa shape index (κ1) is 23.5. The van der Waals surface area contributed by atoms with Gasteiger partial charge in [-0.05, 0) is 61.9 Å². The van der Waals surface area contributed by atoms with Crippen LogP contribution in [0.25, 0.3) is 17.1 Å². The van der Waals surface area contributed by atoms with E-state index in [-0.39, 0.29) is 11.6 Å². The van der Waals surface area contributed by atoms with Crippen LogP contribution in [0.2, 0.25) is 0 Å². The van der Waals surface area contributed by atoms with Crippen molar-refractivity contribution in [3.8, 4) is 17.1 Å². The topological polar surface area (TPSA) is 72.7 Å². The average molecular weight is 484 g/mol. The van der Waals surface area contributed by atoms with Crippen molar-refractivity contribution in [2.45, 2.75) is 30.4 Å². The molecule has 1 amide bonds. The summed E-state index contributed by atoms with van der Waals surface area (Å²) in [6, 6.07) is 15.8. The number of alkyl halides is 3. The van der Waals surface area contributed by atoms with Gasteiger partial charge in [0.25, 0.3) is 0 Å². The Balaban J connectivity index is 1.59. The molecule has 174 valence electrons. The maximum Gasteiger partial charge on any atom is 0.416 e. The molecule has 0 bridgehead atoms. The van der Waals surface area contributed by atoms with Crippen LogP contribution in [0.1, 0.15) is 18.1 Å². The van der Waals surface area contributed by atoms with Crippen molar-refractivity contribution in [1.82, 2.24) is 19.7 Å². The summed E-state index contributed by atoms with van der Waals surface area (Å²) < 4.78 is 40.2. The van der Waals surface area contributed by atoms with E-state index in [1.165, 1.54) is 23.9 Å². The molecular formula is C24H20F3N5OS. The molecule has 0 aliphatic heterocycles. The third-order valence-corrected chi connectivity index (χ3v) is 6.08. The second-order valence-corrected chi connectivity index (χ2v) is 8.80. The fraction of sp³-hybridized carbons (Fsp3) is 0.167. The third kappa shape index (κ3) is 5.12. The molecule has 0 saturated heterocycles. The molecule has 0 radical (unpaired) electrons. The maximum atomic E-state index is 12.8. The molecule has 0 aliphatic rings. The molecule has 0 spiro atoms. The first-order valence-corrected chi connectivity index (χ1v) is 11.2. The summed E-state index contributed by atoms with van der Waals surface area (Å²) in [4.78, 5) is 16.9. The number of hydrogen-bond donors (Lipinski definition) is 1. The lowest BCUT2D eigenvalue weighted by Crippen LogP contribution is -2.23. The predicted octanol–water partition coefficient (Wildman–Crippen LogP) is 5.78. The van der Waals surface area contributed by atoms with Crippen LogP contribution in [0.5, 0.6) is 0 Å². The van der Waals surface area contributed by atoms with Gasteiger partial charge >= 0.3 is 6.18 Å². The number of aryl methyl sites for hydroxylation is 1. The van der Waals surface area contributed by atoms with E-state index in [0.717, 1.165) is 28.9 Å². The summed E-state index contributed by atoms with van der Waals surface area (Å²) in [5, 5.41) is 11.2. The maximum absolute atomic E-state index is 12.8. The van der Waals surface area contributed by atoms with Gasteiger partial charge in [-0.3, -0.25) is 14.3 Å². The third-order valence-electron chi connectivity index (χ3n) is 5.04. The van der Waals surface area contributed by atoms with E-state index in [0.29, 0.717) is 11.0 Å². The van der Waals surface area contributed by atoms with Crippen LogP contribution in [0.3, 0.4) is 0 Å². The highest BCUT2D eigenvalue weighted by atomic mass is 32.2. The number of carbonyl (C=O) groups is 1. The minimum Gasteiger partial charge on any atom is -0.325 e. The summed E-state index contributed by atoms with van der Waals surface area (Å²) in [5.74, 6) is 0.215. The number of anilines is 1. The quantitative estimate of drug-likeness (QED) is 0.352. The highest BCUT2D eigenvalue weighted by Crippen LogP contribution is 2.32. The van der Waals surface area contributed by atoms with E-state index in [1.807, 2.05) is 41.8 Å². The van der Waals surface area contributed by atoms with Crippen molar-refractivity contribution in [2.75, 3.05) is 5.32 Å². The minimum atomic E-state index is -4.43. The highest BCUT2D eigenvalue weighted by Gasteiger charge is 2.30. The molecule has 0 aliphatic carbocycles. The molecule has 4 rings (SSSR count). The zero-order chi connectivity index (χ0) is 24.3. The second kappa shape index (κ2) is 9.68. The Labute approximate surface area is 198 Å². The number of hydrogen-bond acceptors (Lipinski definition) is 5. The number of para-hydroxylation sites is 1. The smallest absolute Gasteiger partial charge is 0.325 e. The van der Waals surface area contributed by atoms with Gasteiger partial charge in [0.15, 0.2) is 11.0 Å². The fourth-order valence-electron chi connectivity index (χ4n) is 3.26. The van der Waals surface area contributed by atoms with Gasteiger partial charge in [-0.25, -0.2) is 0 Å². The number of rotatable bonds is 6. The first-order chi connectivity index (χ1) is 16.2. The van der Waals surface area contributed by atoms with E-state index in [9.17, 15) is 18.0 Å². The Hall–Kier alpha value is -3.66. The molecule has 1 atom stereocenters. The van der Waals surface area contributed by atoms with Gasteiger partial charge in [0.05, 0.1) is 16.5 Å². The molecule has 2 aromatic heterocycles. The van der Waals surface area contributed by atoms with Crippen LogP contribution >= 0.6 is 11.8 Å². The van der Waals surface area contributed by atoms with E-state index in [1.54, 1.807) is 25.4 Å².